The third-order valence-corrected chi connectivity index (χ3v) is 4.21. The first-order valence-corrected chi connectivity index (χ1v) is 9.03. The number of hydrogen-bond donors (Lipinski definition) is 3. The maximum absolute atomic E-state index is 14.1. The summed E-state index contributed by atoms with van der Waals surface area (Å²) in [6.07, 6.45) is 2.08. The van der Waals surface area contributed by atoms with Crippen LogP contribution >= 0.6 is 0 Å². The fourth-order valence-electron chi connectivity index (χ4n) is 3.03. The highest BCUT2D eigenvalue weighted by Gasteiger charge is 2.36. The molecule has 0 bridgehead atoms. The maximum Gasteiger partial charge on any atom is 0.210 e. The van der Waals surface area contributed by atoms with Crippen LogP contribution in [0.1, 0.15) is 20.3 Å². The number of anilines is 1. The molecule has 0 unspecified atom stereocenters. The van der Waals surface area contributed by atoms with Gasteiger partial charge < -0.3 is 21.1 Å². The molecule has 0 saturated carbocycles. The van der Waals surface area contributed by atoms with Crippen molar-refractivity contribution in [1.82, 2.24) is 10.2 Å². The molecule has 1 fully saturated rings. The van der Waals surface area contributed by atoms with Crippen molar-refractivity contribution in [3.05, 3.63) is 54.1 Å². The Morgan fingerprint density at radius 1 is 1.46 bits per heavy atom. The summed E-state index contributed by atoms with van der Waals surface area (Å²) in [5.74, 6) is -0.0918. The van der Waals surface area contributed by atoms with Crippen molar-refractivity contribution >= 4 is 17.5 Å². The van der Waals surface area contributed by atoms with Crippen LogP contribution in [0.3, 0.4) is 0 Å². The minimum absolute atomic E-state index is 0.0576. The molecule has 2 aliphatic rings. The zero-order valence-corrected chi connectivity index (χ0v) is 15.9. The van der Waals surface area contributed by atoms with E-state index in [9.17, 15) is 8.78 Å². The Kier molecular flexibility index (Phi) is 5.93. The summed E-state index contributed by atoms with van der Waals surface area (Å²) in [7, 11) is 0. The molecule has 2 aliphatic heterocycles. The molecule has 1 aromatic carbocycles. The van der Waals surface area contributed by atoms with Gasteiger partial charge in [0.1, 0.15) is 23.2 Å². The van der Waals surface area contributed by atoms with Crippen LogP contribution in [0.2, 0.25) is 0 Å². The van der Waals surface area contributed by atoms with Crippen molar-refractivity contribution < 1.29 is 13.5 Å². The van der Waals surface area contributed by atoms with E-state index in [1.54, 1.807) is 0 Å². The van der Waals surface area contributed by atoms with Crippen LogP contribution < -0.4 is 16.4 Å². The molecule has 1 saturated heterocycles. The molecule has 28 heavy (non-hydrogen) atoms. The standard InChI is InChI=1S/C19H24F2N6O/c1-11(2)23-12(3)24-18-17(9-22)26-19(27(18)14-6-7-28-10-14)25-16-5-4-13(20)8-15(16)21/h4-5,8-9,11,14,23H,3,6-7,10,22H2,1-2H3,(H,25,26)/b17-9+,24-18+/t14-/m1/s1. The molecule has 4 N–H and O–H groups in total. The van der Waals surface area contributed by atoms with E-state index in [4.69, 9.17) is 10.5 Å². The lowest BCUT2D eigenvalue weighted by Crippen LogP contribution is -2.45. The van der Waals surface area contributed by atoms with E-state index in [-0.39, 0.29) is 17.8 Å². The van der Waals surface area contributed by atoms with Crippen molar-refractivity contribution in [3.63, 3.8) is 0 Å². The number of hydrogen-bond acceptors (Lipinski definition) is 6. The van der Waals surface area contributed by atoms with Gasteiger partial charge in [-0.3, -0.25) is 4.90 Å². The SMILES string of the molecule is C=C(/N=C1\C(=C/N)N=C(Nc2ccc(F)cc2F)N1[C@@H]1CCOC1)NC(C)C. The molecule has 3 rings (SSSR count). The van der Waals surface area contributed by atoms with Crippen molar-refractivity contribution in [2.24, 2.45) is 15.7 Å². The van der Waals surface area contributed by atoms with Crippen LogP contribution in [-0.2, 0) is 4.74 Å². The van der Waals surface area contributed by atoms with Gasteiger partial charge in [-0.05, 0) is 32.4 Å². The summed E-state index contributed by atoms with van der Waals surface area (Å²) in [6, 6.07) is 3.39. The fourth-order valence-corrected chi connectivity index (χ4v) is 3.03. The summed E-state index contributed by atoms with van der Waals surface area (Å²) in [6.45, 7) is 8.94. The smallest absolute Gasteiger partial charge is 0.210 e. The molecule has 9 heteroatoms. The van der Waals surface area contributed by atoms with Crippen LogP contribution in [-0.4, -0.2) is 42.0 Å². The van der Waals surface area contributed by atoms with Gasteiger partial charge in [0.15, 0.2) is 5.84 Å². The second kappa shape index (κ2) is 8.39. The van der Waals surface area contributed by atoms with Gasteiger partial charge in [-0.25, -0.2) is 18.8 Å². The number of amidine groups is 1. The van der Waals surface area contributed by atoms with E-state index in [1.807, 2.05) is 18.7 Å². The molecule has 1 aromatic rings. The third-order valence-electron chi connectivity index (χ3n) is 4.21. The Morgan fingerprint density at radius 2 is 2.25 bits per heavy atom. The van der Waals surface area contributed by atoms with E-state index in [2.05, 4.69) is 27.2 Å². The largest absolute Gasteiger partial charge is 0.403 e. The molecule has 150 valence electrons. The van der Waals surface area contributed by atoms with Crippen molar-refractivity contribution in [3.8, 4) is 0 Å². The first-order valence-electron chi connectivity index (χ1n) is 9.03. The Bertz CT molecular complexity index is 843. The molecule has 0 radical (unpaired) electrons. The molecule has 0 spiro atoms. The van der Waals surface area contributed by atoms with Gasteiger partial charge in [-0.15, -0.1) is 0 Å². The Labute approximate surface area is 162 Å². The topological polar surface area (TPSA) is 87.3 Å². The minimum Gasteiger partial charge on any atom is -0.403 e. The minimum atomic E-state index is -0.722. The number of halogens is 2. The van der Waals surface area contributed by atoms with E-state index in [0.717, 1.165) is 12.5 Å². The number of ether oxygens (including phenoxy) is 1. The summed E-state index contributed by atoms with van der Waals surface area (Å²) in [5, 5.41) is 6.05. The summed E-state index contributed by atoms with van der Waals surface area (Å²) < 4.78 is 32.9. The van der Waals surface area contributed by atoms with Crippen molar-refractivity contribution in [1.29, 1.82) is 0 Å². The number of nitrogens with two attached hydrogens (primary N) is 1. The predicted octanol–water partition coefficient (Wildman–Crippen LogP) is 2.51. The number of aliphatic imine (C=N–C) groups is 2. The second-order valence-electron chi connectivity index (χ2n) is 6.81. The lowest BCUT2D eigenvalue weighted by molar-refractivity contribution is 0.184. The summed E-state index contributed by atoms with van der Waals surface area (Å²) >= 11 is 0. The lowest BCUT2D eigenvalue weighted by Gasteiger charge is -2.27. The number of rotatable bonds is 5. The van der Waals surface area contributed by atoms with Gasteiger partial charge in [-0.1, -0.05) is 6.58 Å². The monoisotopic (exact) mass is 390 g/mol. The molecular formula is C19H24F2N6O. The van der Waals surface area contributed by atoms with Gasteiger partial charge in [-0.2, -0.15) is 0 Å². The van der Waals surface area contributed by atoms with E-state index >= 15 is 0 Å². The average molecular weight is 390 g/mol. The first-order chi connectivity index (χ1) is 13.4. The molecule has 1 atom stereocenters. The van der Waals surface area contributed by atoms with Crippen LogP contribution in [0.5, 0.6) is 0 Å². The highest BCUT2D eigenvalue weighted by Crippen LogP contribution is 2.26. The number of guanidine groups is 1. The molecule has 0 aromatic heterocycles. The first kappa shape index (κ1) is 19.8. The average Bonchev–Trinajstić information content (AvgIpc) is 3.24. The second-order valence-corrected chi connectivity index (χ2v) is 6.81. The Morgan fingerprint density at radius 3 is 2.86 bits per heavy atom. The number of benzene rings is 1. The van der Waals surface area contributed by atoms with Gasteiger partial charge in [0.25, 0.3) is 0 Å². The molecular weight excluding hydrogens is 366 g/mol. The van der Waals surface area contributed by atoms with E-state index < -0.39 is 11.6 Å². The summed E-state index contributed by atoms with van der Waals surface area (Å²) in [5.41, 5.74) is 6.28. The molecule has 7 nitrogen and oxygen atoms in total. The van der Waals surface area contributed by atoms with Gasteiger partial charge in [0.2, 0.25) is 5.96 Å². The Balaban J connectivity index is 1.95. The van der Waals surface area contributed by atoms with Gasteiger partial charge in [0, 0.05) is 24.9 Å². The summed E-state index contributed by atoms with van der Waals surface area (Å²) in [4.78, 5) is 10.8. The van der Waals surface area contributed by atoms with Crippen molar-refractivity contribution in [2.75, 3.05) is 18.5 Å². The zero-order valence-electron chi connectivity index (χ0n) is 15.9. The highest BCUT2D eigenvalue weighted by atomic mass is 19.1. The quantitative estimate of drug-likeness (QED) is 0.719. The zero-order chi connectivity index (χ0) is 20.3. The lowest BCUT2D eigenvalue weighted by atomic mass is 10.2. The van der Waals surface area contributed by atoms with E-state index in [1.165, 1.54) is 18.3 Å². The third kappa shape index (κ3) is 4.30. The Hall–Kier alpha value is -2.94. The number of nitrogens with one attached hydrogen (secondary N) is 2. The van der Waals surface area contributed by atoms with Crippen LogP contribution in [0, 0.1) is 11.6 Å². The molecule has 0 aliphatic carbocycles. The van der Waals surface area contributed by atoms with Gasteiger partial charge >= 0.3 is 0 Å². The normalized spacial score (nSPS) is 22.2. The van der Waals surface area contributed by atoms with Crippen LogP contribution in [0.4, 0.5) is 14.5 Å². The van der Waals surface area contributed by atoms with Crippen LogP contribution in [0.15, 0.2) is 52.5 Å². The van der Waals surface area contributed by atoms with Crippen LogP contribution in [0.25, 0.3) is 0 Å². The predicted molar refractivity (Wildman–Crippen MR) is 106 cm³/mol. The van der Waals surface area contributed by atoms with E-state index in [0.29, 0.717) is 36.5 Å². The fraction of sp³-hybridized carbons (Fsp3) is 0.368. The van der Waals surface area contributed by atoms with Gasteiger partial charge in [0.05, 0.1) is 18.3 Å². The highest BCUT2D eigenvalue weighted by molar-refractivity contribution is 6.18. The maximum atomic E-state index is 14.1. The molecule has 2 heterocycles. The number of nitrogens with zero attached hydrogens (tertiary/aromatic N) is 3. The molecule has 0 amide bonds. The van der Waals surface area contributed by atoms with Crippen molar-refractivity contribution in [2.45, 2.75) is 32.4 Å².